The number of nitrogens with one attached hydrogen (secondary N) is 3. The molecule has 1 aromatic carbocycles. The molecule has 2 saturated heterocycles. The van der Waals surface area contributed by atoms with Crippen molar-refractivity contribution in [2.75, 3.05) is 54.8 Å². The number of carbonyl (C=O) groups excluding carboxylic acids is 2. The number of benzene rings is 1. The molecule has 13 nitrogen and oxygen atoms in total. The number of urea groups is 1. The van der Waals surface area contributed by atoms with E-state index >= 15 is 0 Å². The molecule has 1 atom stereocenters. The van der Waals surface area contributed by atoms with E-state index in [9.17, 15) is 31.2 Å². The first-order chi connectivity index (χ1) is 21.8. The minimum atomic E-state index is -4.78. The Kier molecular flexibility index (Phi) is 11.6. The number of anilines is 2. The van der Waals surface area contributed by atoms with Crippen LogP contribution >= 0.6 is 0 Å². The van der Waals surface area contributed by atoms with Crippen LogP contribution in [0.3, 0.4) is 0 Å². The van der Waals surface area contributed by atoms with Crippen LogP contribution in [0.4, 0.5) is 29.6 Å². The lowest BCUT2D eigenvalue weighted by Crippen LogP contribution is -2.44. The highest BCUT2D eigenvalue weighted by Gasteiger charge is 2.39. The minimum absolute atomic E-state index is 0.0494. The van der Waals surface area contributed by atoms with E-state index < -0.39 is 39.9 Å². The van der Waals surface area contributed by atoms with Gasteiger partial charge < -0.3 is 25.8 Å². The predicted octanol–water partition coefficient (Wildman–Crippen LogP) is 2.49. The third-order valence-electron chi connectivity index (χ3n) is 8.02. The fourth-order valence-corrected chi connectivity index (χ4v) is 5.92. The number of rotatable bonds is 12. The zero-order valence-electron chi connectivity index (χ0n) is 25.1. The highest BCUT2D eigenvalue weighted by molar-refractivity contribution is 7.85. The molecule has 0 spiro atoms. The maximum atomic E-state index is 13.9. The average molecular weight is 667 g/mol. The van der Waals surface area contributed by atoms with Crippen molar-refractivity contribution in [3.63, 3.8) is 0 Å². The normalized spacial score (nSPS) is 17.4. The molecule has 0 bridgehead atoms. The van der Waals surface area contributed by atoms with Crippen molar-refractivity contribution in [2.24, 2.45) is 5.92 Å². The molecule has 0 saturated carbocycles. The van der Waals surface area contributed by atoms with Gasteiger partial charge in [0, 0.05) is 45.3 Å². The summed E-state index contributed by atoms with van der Waals surface area (Å²) < 4.78 is 71.9. The van der Waals surface area contributed by atoms with Crippen LogP contribution in [0, 0.1) is 17.2 Å². The lowest BCUT2D eigenvalue weighted by atomic mass is 9.93. The van der Waals surface area contributed by atoms with Crippen LogP contribution < -0.4 is 25.8 Å². The van der Waals surface area contributed by atoms with E-state index in [1.807, 2.05) is 12.1 Å². The van der Waals surface area contributed by atoms with E-state index in [-0.39, 0.29) is 30.0 Å². The van der Waals surface area contributed by atoms with Crippen molar-refractivity contribution in [3.05, 3.63) is 47.3 Å². The zero-order chi connectivity index (χ0) is 33.3. The van der Waals surface area contributed by atoms with Gasteiger partial charge in [-0.1, -0.05) is 12.1 Å². The third-order valence-corrected chi connectivity index (χ3v) is 8.74. The molecule has 3 amide bonds. The topological polar surface area (TPSA) is 181 Å². The van der Waals surface area contributed by atoms with Gasteiger partial charge in [0.15, 0.2) is 0 Å². The van der Waals surface area contributed by atoms with Gasteiger partial charge in [-0.05, 0) is 62.1 Å². The molecule has 46 heavy (non-hydrogen) atoms. The molecule has 3 heterocycles. The summed E-state index contributed by atoms with van der Waals surface area (Å²) in [6, 6.07) is 9.35. The Bertz CT molecular complexity index is 1510. The maximum absolute atomic E-state index is 13.9. The number of hydrogen-bond donors (Lipinski definition) is 4. The van der Waals surface area contributed by atoms with E-state index in [1.54, 1.807) is 21.9 Å². The van der Waals surface area contributed by atoms with Crippen LogP contribution in [-0.4, -0.2) is 85.9 Å². The fourth-order valence-electron chi connectivity index (χ4n) is 5.56. The number of alkyl halides is 3. The number of hydrogen-bond acceptors (Lipinski definition) is 9. The minimum Gasteiger partial charge on any atom is -0.356 e. The standard InChI is InChI=1S/C29H37F3N8O5S/c30-29(31,32)27-37-24(39-15-9-21(10-16-39)8-12-35-28(42)36-13-17-46(43,44)45)18-25(38-27)40-14-1-2-23(40)26(41)34-11-7-20-3-5-22(19-33)6-4-20/h3-6,18,21,23H,1-2,7-17H2,(H,34,41)(H2,35,36,42)(H,43,44,45). The first kappa shape index (κ1) is 34.7. The van der Waals surface area contributed by atoms with Gasteiger partial charge in [-0.2, -0.15) is 26.9 Å². The predicted molar refractivity (Wildman–Crippen MR) is 163 cm³/mol. The molecule has 2 aliphatic heterocycles. The van der Waals surface area contributed by atoms with Crippen LogP contribution in [0.2, 0.25) is 0 Å². The molecule has 2 fully saturated rings. The summed E-state index contributed by atoms with van der Waals surface area (Å²) in [5.74, 6) is -1.76. The van der Waals surface area contributed by atoms with Crippen LogP contribution in [0.25, 0.3) is 0 Å². The number of nitriles is 1. The Morgan fingerprint density at radius 2 is 1.65 bits per heavy atom. The Hall–Kier alpha value is -4.17. The van der Waals surface area contributed by atoms with Crippen LogP contribution in [0.5, 0.6) is 0 Å². The number of aromatic nitrogens is 2. The average Bonchev–Trinajstić information content (AvgIpc) is 3.51. The van der Waals surface area contributed by atoms with Gasteiger partial charge in [-0.25, -0.2) is 14.8 Å². The SMILES string of the molecule is N#Cc1ccc(CCNC(=O)C2CCCN2c2cc(N3CCC(CCNC(=O)NCCS(=O)(=O)O)CC3)nc(C(F)(F)F)n2)cc1. The van der Waals surface area contributed by atoms with Crippen molar-refractivity contribution >= 4 is 33.7 Å². The van der Waals surface area contributed by atoms with Crippen molar-refractivity contribution in [1.82, 2.24) is 25.9 Å². The molecule has 0 radical (unpaired) electrons. The summed E-state index contributed by atoms with van der Waals surface area (Å²) in [5.41, 5.74) is 1.48. The third kappa shape index (κ3) is 10.2. The van der Waals surface area contributed by atoms with Gasteiger partial charge >= 0.3 is 12.2 Å². The van der Waals surface area contributed by atoms with E-state index in [2.05, 4.69) is 32.0 Å². The molecule has 17 heteroatoms. The van der Waals surface area contributed by atoms with Crippen molar-refractivity contribution in [1.29, 1.82) is 5.26 Å². The van der Waals surface area contributed by atoms with Gasteiger partial charge in [0.1, 0.15) is 17.7 Å². The largest absolute Gasteiger partial charge is 0.451 e. The van der Waals surface area contributed by atoms with Crippen molar-refractivity contribution in [2.45, 2.75) is 50.7 Å². The van der Waals surface area contributed by atoms with Gasteiger partial charge in [0.2, 0.25) is 11.7 Å². The highest BCUT2D eigenvalue weighted by Crippen LogP contribution is 2.34. The summed E-state index contributed by atoms with van der Waals surface area (Å²) >= 11 is 0. The zero-order valence-corrected chi connectivity index (χ0v) is 25.9. The number of halogens is 3. The maximum Gasteiger partial charge on any atom is 0.451 e. The monoisotopic (exact) mass is 666 g/mol. The molecule has 2 aliphatic rings. The quantitative estimate of drug-likeness (QED) is 0.246. The molecule has 0 aliphatic carbocycles. The second-order valence-corrected chi connectivity index (χ2v) is 12.9. The Morgan fingerprint density at radius 1 is 0.978 bits per heavy atom. The molecule has 1 unspecified atom stereocenters. The lowest BCUT2D eigenvalue weighted by molar-refractivity contribution is -0.144. The van der Waals surface area contributed by atoms with Gasteiger partial charge in [0.05, 0.1) is 17.4 Å². The second-order valence-electron chi connectivity index (χ2n) is 11.3. The number of nitrogens with zero attached hydrogens (tertiary/aromatic N) is 5. The lowest BCUT2D eigenvalue weighted by Gasteiger charge is -2.34. The van der Waals surface area contributed by atoms with E-state index in [0.717, 1.165) is 5.56 Å². The molecule has 1 aromatic heterocycles. The number of carbonyl (C=O) groups is 2. The van der Waals surface area contributed by atoms with Gasteiger partial charge in [-0.3, -0.25) is 9.35 Å². The van der Waals surface area contributed by atoms with Crippen molar-refractivity contribution < 1.29 is 35.7 Å². The Morgan fingerprint density at radius 3 is 2.30 bits per heavy atom. The molecular formula is C29H37F3N8O5S. The summed E-state index contributed by atoms with van der Waals surface area (Å²) in [7, 11) is -4.17. The van der Waals surface area contributed by atoms with Crippen LogP contribution in [0.1, 0.15) is 49.1 Å². The summed E-state index contributed by atoms with van der Waals surface area (Å²) in [6.45, 7) is 1.69. The van der Waals surface area contributed by atoms with E-state index in [4.69, 9.17) is 9.81 Å². The molecular weight excluding hydrogens is 629 g/mol. The number of amides is 3. The van der Waals surface area contributed by atoms with Crippen LogP contribution in [0.15, 0.2) is 30.3 Å². The summed E-state index contributed by atoms with van der Waals surface area (Å²) in [6.07, 6.45) is -1.22. The molecule has 250 valence electrons. The van der Waals surface area contributed by atoms with Crippen LogP contribution in [-0.2, 0) is 27.5 Å². The summed E-state index contributed by atoms with van der Waals surface area (Å²) in [4.78, 5) is 36.0. The van der Waals surface area contributed by atoms with Gasteiger partial charge in [0.25, 0.3) is 10.1 Å². The first-order valence-electron chi connectivity index (χ1n) is 15.0. The summed E-state index contributed by atoms with van der Waals surface area (Å²) in [5, 5.41) is 16.8. The first-order valence-corrected chi connectivity index (χ1v) is 16.6. The number of piperidine rings is 1. The van der Waals surface area contributed by atoms with Gasteiger partial charge in [-0.15, -0.1) is 0 Å². The van der Waals surface area contributed by atoms with Crippen molar-refractivity contribution in [3.8, 4) is 6.07 Å². The molecule has 4 rings (SSSR count). The molecule has 4 N–H and O–H groups in total. The fraction of sp³-hybridized carbons (Fsp3) is 0.552. The Labute approximate surface area is 265 Å². The Balaban J connectivity index is 1.33. The van der Waals surface area contributed by atoms with E-state index in [0.29, 0.717) is 76.8 Å². The smallest absolute Gasteiger partial charge is 0.356 e. The van der Waals surface area contributed by atoms with E-state index in [1.165, 1.54) is 6.07 Å². The highest BCUT2D eigenvalue weighted by atomic mass is 32.2. The molecule has 2 aromatic rings. The second kappa shape index (κ2) is 15.4.